The van der Waals surface area contributed by atoms with Crippen molar-refractivity contribution in [2.45, 2.75) is 12.3 Å². The summed E-state index contributed by atoms with van der Waals surface area (Å²) in [5.41, 5.74) is 3.19. The van der Waals surface area contributed by atoms with Gasteiger partial charge in [0.2, 0.25) is 0 Å². The van der Waals surface area contributed by atoms with Crippen LogP contribution in [0.2, 0.25) is 0 Å². The van der Waals surface area contributed by atoms with E-state index < -0.39 is 0 Å². The lowest BCUT2D eigenvalue weighted by molar-refractivity contribution is 0.306. The van der Waals surface area contributed by atoms with Crippen molar-refractivity contribution in [1.82, 2.24) is 4.90 Å². The summed E-state index contributed by atoms with van der Waals surface area (Å²) in [5.74, 6) is 0.164. The van der Waals surface area contributed by atoms with Gasteiger partial charge in [0.15, 0.2) is 11.5 Å². The number of hydrogen-bond acceptors (Lipinski definition) is 4. The molecule has 134 valence electrons. The molecule has 0 fully saturated rings. The zero-order valence-electron chi connectivity index (χ0n) is 13.7. The highest BCUT2D eigenvalue weighted by Crippen LogP contribution is 2.41. The molecule has 3 N–H and O–H groups in total. The van der Waals surface area contributed by atoms with Crippen LogP contribution in [-0.4, -0.2) is 39.9 Å². The Morgan fingerprint density at radius 1 is 1.20 bits per heavy atom. The molecule has 1 heterocycles. The second-order valence-corrected chi connectivity index (χ2v) is 7.15. The maximum Gasteiger partial charge on any atom is 0.171 e. The van der Waals surface area contributed by atoms with Gasteiger partial charge >= 0.3 is 0 Å². The summed E-state index contributed by atoms with van der Waals surface area (Å²) in [6, 6.07) is 8.88. The number of benzene rings is 2. The van der Waals surface area contributed by atoms with Gasteiger partial charge in [-0.05, 0) is 63.9 Å². The average molecular weight is 518 g/mol. The molecular formula is C19H21BrINO3. The number of phenolic OH excluding ortho intramolecular Hbond substituents is 3. The maximum absolute atomic E-state index is 10.1. The Kier molecular flexibility index (Phi) is 6.76. The summed E-state index contributed by atoms with van der Waals surface area (Å²) < 4.78 is 0.715. The van der Waals surface area contributed by atoms with Crippen LogP contribution in [0, 0.1) is 3.57 Å². The number of phenols is 3. The average Bonchev–Trinajstić information content (AvgIpc) is 2.74. The maximum atomic E-state index is 10.1. The van der Waals surface area contributed by atoms with Gasteiger partial charge in [0.1, 0.15) is 5.75 Å². The van der Waals surface area contributed by atoms with Gasteiger partial charge in [0.25, 0.3) is 0 Å². The normalized spacial score (nSPS) is 17.2. The number of rotatable bonds is 3. The quantitative estimate of drug-likeness (QED) is 0.325. The van der Waals surface area contributed by atoms with Gasteiger partial charge in [-0.1, -0.05) is 18.2 Å². The van der Waals surface area contributed by atoms with Crippen LogP contribution in [0.4, 0.5) is 0 Å². The smallest absolute Gasteiger partial charge is 0.171 e. The minimum Gasteiger partial charge on any atom is -0.508 e. The van der Waals surface area contributed by atoms with Crippen molar-refractivity contribution >= 4 is 39.6 Å². The second kappa shape index (κ2) is 8.42. The minimum atomic E-state index is -0.0842. The molecule has 2 aromatic rings. The van der Waals surface area contributed by atoms with Crippen molar-refractivity contribution in [1.29, 1.82) is 0 Å². The highest BCUT2D eigenvalue weighted by Gasteiger charge is 2.27. The molecular weight excluding hydrogens is 497 g/mol. The molecule has 1 atom stereocenters. The molecule has 1 unspecified atom stereocenters. The van der Waals surface area contributed by atoms with Gasteiger partial charge in [-0.2, -0.15) is 0 Å². The Labute approximate surface area is 171 Å². The third kappa shape index (κ3) is 4.12. The zero-order valence-corrected chi connectivity index (χ0v) is 17.5. The fraction of sp³-hybridized carbons (Fsp3) is 0.263. The van der Waals surface area contributed by atoms with Crippen molar-refractivity contribution in [3.63, 3.8) is 0 Å². The van der Waals surface area contributed by atoms with Crippen molar-refractivity contribution in [2.75, 3.05) is 19.6 Å². The Balaban J connectivity index is 0.00000225. The first-order valence-corrected chi connectivity index (χ1v) is 8.94. The SMILES string of the molecule is Br.C=CCN1CCc2c(cc(O)c(O)c2I)C(c2ccc(O)cc2)C1. The summed E-state index contributed by atoms with van der Waals surface area (Å²) >= 11 is 2.11. The lowest BCUT2D eigenvalue weighted by Gasteiger charge is -2.24. The second-order valence-electron chi connectivity index (χ2n) is 6.07. The predicted molar refractivity (Wildman–Crippen MR) is 113 cm³/mol. The predicted octanol–water partition coefficient (Wildman–Crippen LogP) is 4.16. The molecule has 0 saturated heterocycles. The lowest BCUT2D eigenvalue weighted by atomic mass is 9.87. The van der Waals surface area contributed by atoms with Crippen molar-refractivity contribution < 1.29 is 15.3 Å². The Morgan fingerprint density at radius 3 is 2.52 bits per heavy atom. The van der Waals surface area contributed by atoms with E-state index in [4.69, 9.17) is 0 Å². The minimum absolute atomic E-state index is 0. The standard InChI is InChI=1S/C19H20INO3.BrH/c1-2-8-21-9-7-14-15(10-17(23)19(24)18(14)20)16(11-21)12-3-5-13(22)6-4-12;/h2-6,10,16,22-24H,1,7-9,11H2;1H. The number of nitrogens with zero attached hydrogens (tertiary/aromatic N) is 1. The number of halogens is 2. The number of aromatic hydroxyl groups is 3. The zero-order chi connectivity index (χ0) is 17.3. The fourth-order valence-electron chi connectivity index (χ4n) is 3.31. The molecule has 1 aliphatic heterocycles. The molecule has 4 nitrogen and oxygen atoms in total. The molecule has 0 spiro atoms. The summed E-state index contributed by atoms with van der Waals surface area (Å²) in [6.45, 7) is 6.29. The molecule has 2 aromatic carbocycles. The number of fused-ring (bicyclic) bond motifs is 1. The molecule has 6 heteroatoms. The van der Waals surface area contributed by atoms with E-state index in [1.165, 1.54) is 0 Å². The van der Waals surface area contributed by atoms with Gasteiger partial charge in [0, 0.05) is 25.6 Å². The Morgan fingerprint density at radius 2 is 1.88 bits per heavy atom. The van der Waals surface area contributed by atoms with E-state index in [2.05, 4.69) is 34.1 Å². The van der Waals surface area contributed by atoms with E-state index in [0.717, 1.165) is 42.7 Å². The Hall–Kier alpha value is -1.25. The van der Waals surface area contributed by atoms with Crippen LogP contribution in [0.25, 0.3) is 0 Å². The van der Waals surface area contributed by atoms with E-state index in [0.29, 0.717) is 3.57 Å². The van der Waals surface area contributed by atoms with E-state index in [1.807, 2.05) is 18.2 Å². The molecule has 25 heavy (non-hydrogen) atoms. The monoisotopic (exact) mass is 517 g/mol. The summed E-state index contributed by atoms with van der Waals surface area (Å²) in [6.07, 6.45) is 2.70. The molecule has 3 rings (SSSR count). The molecule has 0 bridgehead atoms. The van der Waals surface area contributed by atoms with E-state index >= 15 is 0 Å². The third-order valence-electron chi connectivity index (χ3n) is 4.53. The van der Waals surface area contributed by atoms with Gasteiger partial charge in [-0.25, -0.2) is 0 Å². The van der Waals surface area contributed by atoms with E-state index in [1.54, 1.807) is 18.2 Å². The summed E-state index contributed by atoms with van der Waals surface area (Å²) in [7, 11) is 0. The summed E-state index contributed by atoms with van der Waals surface area (Å²) in [5, 5.41) is 29.8. The topological polar surface area (TPSA) is 63.9 Å². The molecule has 1 aliphatic rings. The van der Waals surface area contributed by atoms with Gasteiger partial charge in [-0.15, -0.1) is 23.6 Å². The summed E-state index contributed by atoms with van der Waals surface area (Å²) in [4.78, 5) is 2.31. The van der Waals surface area contributed by atoms with Crippen molar-refractivity contribution in [3.05, 3.63) is 63.2 Å². The highest BCUT2D eigenvalue weighted by molar-refractivity contribution is 14.1. The highest BCUT2D eigenvalue weighted by atomic mass is 127. The Bertz CT molecular complexity index is 764. The van der Waals surface area contributed by atoms with Crippen molar-refractivity contribution in [2.24, 2.45) is 0 Å². The number of hydrogen-bond donors (Lipinski definition) is 3. The van der Waals surface area contributed by atoms with Crippen LogP contribution in [0.3, 0.4) is 0 Å². The van der Waals surface area contributed by atoms with Crippen LogP contribution in [0.15, 0.2) is 43.0 Å². The molecule has 0 amide bonds. The van der Waals surface area contributed by atoms with Gasteiger partial charge in [0.05, 0.1) is 3.57 Å². The molecule has 0 aliphatic carbocycles. The molecule has 0 aromatic heterocycles. The first-order chi connectivity index (χ1) is 11.5. The van der Waals surface area contributed by atoms with Crippen LogP contribution in [-0.2, 0) is 6.42 Å². The van der Waals surface area contributed by atoms with Crippen LogP contribution >= 0.6 is 39.6 Å². The first kappa shape index (κ1) is 20.1. The van der Waals surface area contributed by atoms with Crippen molar-refractivity contribution in [3.8, 4) is 17.2 Å². The van der Waals surface area contributed by atoms with Gasteiger partial charge < -0.3 is 15.3 Å². The third-order valence-corrected chi connectivity index (χ3v) is 5.70. The lowest BCUT2D eigenvalue weighted by Crippen LogP contribution is -2.28. The molecule has 0 radical (unpaired) electrons. The van der Waals surface area contributed by atoms with E-state index in [-0.39, 0.29) is 40.1 Å². The first-order valence-electron chi connectivity index (χ1n) is 7.86. The van der Waals surface area contributed by atoms with Crippen LogP contribution in [0.1, 0.15) is 22.6 Å². The largest absolute Gasteiger partial charge is 0.508 e. The van der Waals surface area contributed by atoms with E-state index in [9.17, 15) is 15.3 Å². The van der Waals surface area contributed by atoms with Crippen LogP contribution in [0.5, 0.6) is 17.2 Å². The van der Waals surface area contributed by atoms with Gasteiger partial charge in [-0.3, -0.25) is 4.90 Å². The fourth-order valence-corrected chi connectivity index (χ4v) is 4.16. The molecule has 0 saturated carbocycles. The van der Waals surface area contributed by atoms with Crippen LogP contribution < -0.4 is 0 Å².